The molecule has 2 aromatic rings. The molecule has 0 spiro atoms. The normalized spacial score (nSPS) is 11.8. The van der Waals surface area contributed by atoms with Crippen molar-refractivity contribution in [3.63, 3.8) is 0 Å². The second kappa shape index (κ2) is 8.82. The van der Waals surface area contributed by atoms with Gasteiger partial charge in [0.2, 0.25) is 10.0 Å². The Bertz CT molecular complexity index is 998. The van der Waals surface area contributed by atoms with Gasteiger partial charge in [0.25, 0.3) is 5.91 Å². The Morgan fingerprint density at radius 1 is 1.14 bits per heavy atom. The van der Waals surface area contributed by atoms with Gasteiger partial charge in [0.05, 0.1) is 11.9 Å². The van der Waals surface area contributed by atoms with Gasteiger partial charge in [-0.1, -0.05) is 39.0 Å². The summed E-state index contributed by atoms with van der Waals surface area (Å²) >= 11 is 0. The Labute approximate surface area is 171 Å². The molecule has 0 heterocycles. The number of sulfonamides is 1. The molecule has 2 rings (SSSR count). The molecule has 0 radical (unpaired) electrons. The van der Waals surface area contributed by atoms with Gasteiger partial charge in [0.15, 0.2) is 6.61 Å². The van der Waals surface area contributed by atoms with Crippen LogP contribution in [-0.2, 0) is 26.8 Å². The minimum Gasteiger partial charge on any atom is -0.484 e. The SMILES string of the molecule is Cc1cc(CNC(=O)COc2ccc(C(C)(C)C)c(F)c2)ccc1NS(C)(=O)=O. The molecule has 158 valence electrons. The number of carbonyl (C=O) groups is 1. The summed E-state index contributed by atoms with van der Waals surface area (Å²) in [7, 11) is -3.35. The Kier molecular flexibility index (Phi) is 6.89. The van der Waals surface area contributed by atoms with Gasteiger partial charge in [0, 0.05) is 12.6 Å². The quantitative estimate of drug-likeness (QED) is 0.715. The summed E-state index contributed by atoms with van der Waals surface area (Å²) in [6.07, 6.45) is 1.09. The Morgan fingerprint density at radius 2 is 1.83 bits per heavy atom. The highest BCUT2D eigenvalue weighted by atomic mass is 32.2. The van der Waals surface area contributed by atoms with Crippen LogP contribution in [0.4, 0.5) is 10.1 Å². The van der Waals surface area contributed by atoms with Crippen LogP contribution in [0.1, 0.15) is 37.5 Å². The predicted octanol–water partition coefficient (Wildman–Crippen LogP) is 3.50. The molecular formula is C21H27FN2O4S. The first-order valence-corrected chi connectivity index (χ1v) is 11.0. The number of ether oxygens (including phenoxy) is 1. The van der Waals surface area contributed by atoms with E-state index < -0.39 is 10.0 Å². The third kappa shape index (κ3) is 7.05. The van der Waals surface area contributed by atoms with E-state index in [9.17, 15) is 17.6 Å². The van der Waals surface area contributed by atoms with Crippen LogP contribution in [0.15, 0.2) is 36.4 Å². The van der Waals surface area contributed by atoms with E-state index in [-0.39, 0.29) is 36.0 Å². The van der Waals surface area contributed by atoms with Crippen LogP contribution in [0.5, 0.6) is 5.75 Å². The van der Waals surface area contributed by atoms with E-state index in [2.05, 4.69) is 10.0 Å². The smallest absolute Gasteiger partial charge is 0.258 e. The van der Waals surface area contributed by atoms with Crippen molar-refractivity contribution in [1.29, 1.82) is 0 Å². The second-order valence-corrected chi connectivity index (χ2v) is 9.73. The van der Waals surface area contributed by atoms with Gasteiger partial charge >= 0.3 is 0 Å². The minimum absolute atomic E-state index is 0.235. The average Bonchev–Trinajstić information content (AvgIpc) is 2.58. The summed E-state index contributed by atoms with van der Waals surface area (Å²) in [4.78, 5) is 12.0. The van der Waals surface area contributed by atoms with Crippen LogP contribution in [0.3, 0.4) is 0 Å². The van der Waals surface area contributed by atoms with Crippen LogP contribution in [0.2, 0.25) is 0 Å². The van der Waals surface area contributed by atoms with Gasteiger partial charge in [-0.15, -0.1) is 0 Å². The third-order valence-electron chi connectivity index (χ3n) is 4.19. The monoisotopic (exact) mass is 422 g/mol. The lowest BCUT2D eigenvalue weighted by molar-refractivity contribution is -0.123. The van der Waals surface area contributed by atoms with E-state index in [1.54, 1.807) is 37.3 Å². The molecule has 0 aliphatic heterocycles. The van der Waals surface area contributed by atoms with Gasteiger partial charge in [0.1, 0.15) is 11.6 Å². The molecule has 0 unspecified atom stereocenters. The fraction of sp³-hybridized carbons (Fsp3) is 0.381. The highest BCUT2D eigenvalue weighted by Gasteiger charge is 2.18. The maximum absolute atomic E-state index is 14.2. The zero-order chi connectivity index (χ0) is 21.8. The van der Waals surface area contributed by atoms with Crippen LogP contribution in [-0.4, -0.2) is 27.2 Å². The highest BCUT2D eigenvalue weighted by Crippen LogP contribution is 2.27. The maximum atomic E-state index is 14.2. The van der Waals surface area contributed by atoms with E-state index in [0.717, 1.165) is 17.4 Å². The number of benzene rings is 2. The molecule has 2 N–H and O–H groups in total. The summed E-state index contributed by atoms with van der Waals surface area (Å²) in [5.41, 5.74) is 2.32. The summed E-state index contributed by atoms with van der Waals surface area (Å²) < 4.78 is 44.6. The molecule has 0 atom stereocenters. The number of amides is 1. The number of hydrogen-bond acceptors (Lipinski definition) is 4. The first kappa shape index (κ1) is 22.7. The van der Waals surface area contributed by atoms with Gasteiger partial charge in [-0.05, 0) is 41.2 Å². The lowest BCUT2D eigenvalue weighted by atomic mass is 9.87. The summed E-state index contributed by atoms with van der Waals surface area (Å²) in [5, 5.41) is 2.72. The van der Waals surface area contributed by atoms with Crippen LogP contribution >= 0.6 is 0 Å². The number of halogens is 1. The minimum atomic E-state index is -3.35. The number of aryl methyl sites for hydroxylation is 1. The van der Waals surface area contributed by atoms with Crippen LogP contribution in [0.25, 0.3) is 0 Å². The number of rotatable bonds is 7. The second-order valence-electron chi connectivity index (χ2n) is 7.98. The molecule has 0 fully saturated rings. The molecular weight excluding hydrogens is 395 g/mol. The number of anilines is 1. The van der Waals surface area contributed by atoms with Crippen molar-refractivity contribution in [2.75, 3.05) is 17.6 Å². The van der Waals surface area contributed by atoms with E-state index in [4.69, 9.17) is 4.74 Å². The van der Waals surface area contributed by atoms with Crippen molar-refractivity contribution in [3.05, 3.63) is 58.9 Å². The molecule has 0 aromatic heterocycles. The van der Waals surface area contributed by atoms with Crippen molar-refractivity contribution < 1.29 is 22.3 Å². The molecule has 0 saturated carbocycles. The summed E-state index contributed by atoms with van der Waals surface area (Å²) in [6.45, 7) is 7.57. The van der Waals surface area contributed by atoms with Gasteiger partial charge in [-0.25, -0.2) is 12.8 Å². The fourth-order valence-corrected chi connectivity index (χ4v) is 3.37. The predicted molar refractivity (Wildman–Crippen MR) is 112 cm³/mol. The molecule has 0 aliphatic carbocycles. The number of carbonyl (C=O) groups excluding carboxylic acids is 1. The zero-order valence-corrected chi connectivity index (χ0v) is 18.1. The molecule has 0 aliphatic rings. The summed E-state index contributed by atoms with van der Waals surface area (Å²) in [6, 6.07) is 9.75. The van der Waals surface area contributed by atoms with Crippen molar-refractivity contribution >= 4 is 21.6 Å². The van der Waals surface area contributed by atoms with E-state index in [0.29, 0.717) is 11.3 Å². The van der Waals surface area contributed by atoms with E-state index in [1.165, 1.54) is 6.07 Å². The van der Waals surface area contributed by atoms with Crippen LogP contribution in [0, 0.1) is 12.7 Å². The number of nitrogens with one attached hydrogen (secondary N) is 2. The third-order valence-corrected chi connectivity index (χ3v) is 4.79. The molecule has 0 bridgehead atoms. The van der Waals surface area contributed by atoms with Crippen molar-refractivity contribution in [2.24, 2.45) is 0 Å². The topological polar surface area (TPSA) is 84.5 Å². The molecule has 29 heavy (non-hydrogen) atoms. The zero-order valence-electron chi connectivity index (χ0n) is 17.3. The lowest BCUT2D eigenvalue weighted by Gasteiger charge is -2.20. The van der Waals surface area contributed by atoms with Gasteiger partial charge in [-0.3, -0.25) is 9.52 Å². The van der Waals surface area contributed by atoms with Crippen LogP contribution < -0.4 is 14.8 Å². The van der Waals surface area contributed by atoms with E-state index in [1.807, 2.05) is 20.8 Å². The molecule has 8 heteroatoms. The average molecular weight is 423 g/mol. The van der Waals surface area contributed by atoms with Gasteiger partial charge < -0.3 is 10.1 Å². The highest BCUT2D eigenvalue weighted by molar-refractivity contribution is 7.92. The molecule has 0 saturated heterocycles. The maximum Gasteiger partial charge on any atom is 0.258 e. The molecule has 6 nitrogen and oxygen atoms in total. The van der Waals surface area contributed by atoms with Crippen molar-refractivity contribution in [1.82, 2.24) is 5.32 Å². The number of hydrogen-bond donors (Lipinski definition) is 2. The first-order chi connectivity index (χ1) is 13.3. The van der Waals surface area contributed by atoms with Gasteiger partial charge in [-0.2, -0.15) is 0 Å². The van der Waals surface area contributed by atoms with E-state index >= 15 is 0 Å². The first-order valence-electron chi connectivity index (χ1n) is 9.12. The molecule has 1 amide bonds. The largest absolute Gasteiger partial charge is 0.484 e. The van der Waals surface area contributed by atoms with Crippen molar-refractivity contribution in [3.8, 4) is 5.75 Å². The Morgan fingerprint density at radius 3 is 2.38 bits per heavy atom. The Hall–Kier alpha value is -2.61. The van der Waals surface area contributed by atoms with Crippen molar-refractivity contribution in [2.45, 2.75) is 39.7 Å². The standard InChI is InChI=1S/C21H27FN2O4S/c1-14-10-15(6-9-19(14)24-29(5,26)27)12-23-20(25)13-28-16-7-8-17(18(22)11-16)21(2,3)4/h6-11,24H,12-13H2,1-5H3,(H,23,25). The summed E-state index contributed by atoms with van der Waals surface area (Å²) in [5.74, 6) is -0.423. The lowest BCUT2D eigenvalue weighted by Crippen LogP contribution is -2.28. The Balaban J connectivity index is 1.89. The fourth-order valence-electron chi connectivity index (χ4n) is 2.74. The molecule has 2 aromatic carbocycles.